The van der Waals surface area contributed by atoms with Crippen LogP contribution >= 0.6 is 0 Å². The second kappa shape index (κ2) is 5.70. The minimum absolute atomic E-state index is 0.168. The summed E-state index contributed by atoms with van der Waals surface area (Å²) in [6.07, 6.45) is 4.21. The highest BCUT2D eigenvalue weighted by Gasteiger charge is 2.17. The van der Waals surface area contributed by atoms with Gasteiger partial charge in [-0.15, -0.1) is 0 Å². The van der Waals surface area contributed by atoms with Gasteiger partial charge < -0.3 is 10.6 Å². The Labute approximate surface area is 103 Å². The van der Waals surface area contributed by atoms with Crippen molar-refractivity contribution in [1.82, 2.24) is 0 Å². The second-order valence-corrected chi connectivity index (χ2v) is 4.58. The van der Waals surface area contributed by atoms with Crippen molar-refractivity contribution in [2.45, 2.75) is 31.7 Å². The summed E-state index contributed by atoms with van der Waals surface area (Å²) in [6.45, 7) is 2.21. The van der Waals surface area contributed by atoms with Crippen molar-refractivity contribution in [2.24, 2.45) is 5.73 Å². The van der Waals surface area contributed by atoms with Crippen molar-refractivity contribution in [2.75, 3.05) is 18.0 Å². The topological polar surface area (TPSA) is 53.1 Å². The molecule has 0 bridgehead atoms. The van der Waals surface area contributed by atoms with Crippen LogP contribution in [0.1, 0.15) is 37.3 Å². The normalized spacial score (nSPS) is 17.5. The fourth-order valence-electron chi connectivity index (χ4n) is 2.43. The first kappa shape index (κ1) is 11.9. The largest absolute Gasteiger partial charge is 0.371 e. The van der Waals surface area contributed by atoms with E-state index in [0.29, 0.717) is 6.42 Å². The predicted molar refractivity (Wildman–Crippen MR) is 69.7 cm³/mol. The van der Waals surface area contributed by atoms with Gasteiger partial charge in [0, 0.05) is 24.8 Å². The summed E-state index contributed by atoms with van der Waals surface area (Å²) in [5.41, 5.74) is 8.39. The molecule has 1 fully saturated rings. The highest BCUT2D eigenvalue weighted by molar-refractivity contribution is 5.55. The maximum absolute atomic E-state index is 8.76. The minimum atomic E-state index is -0.168. The monoisotopic (exact) mass is 229 g/mol. The Morgan fingerprint density at radius 2 is 1.94 bits per heavy atom. The van der Waals surface area contributed by atoms with Crippen LogP contribution in [-0.4, -0.2) is 13.1 Å². The number of para-hydroxylation sites is 1. The van der Waals surface area contributed by atoms with Crippen LogP contribution in [0.3, 0.4) is 0 Å². The average Bonchev–Trinajstić information content (AvgIpc) is 2.40. The molecule has 0 unspecified atom stereocenters. The van der Waals surface area contributed by atoms with Gasteiger partial charge in [0.1, 0.15) is 0 Å². The SMILES string of the molecule is N#CC[C@H](N)c1ccccc1N1CCCCC1. The maximum atomic E-state index is 8.76. The summed E-state index contributed by atoms with van der Waals surface area (Å²) >= 11 is 0. The molecule has 2 rings (SSSR count). The molecule has 0 saturated carbocycles. The van der Waals surface area contributed by atoms with Gasteiger partial charge in [-0.2, -0.15) is 5.26 Å². The molecule has 3 nitrogen and oxygen atoms in total. The molecular formula is C14H19N3. The Hall–Kier alpha value is -1.53. The van der Waals surface area contributed by atoms with E-state index in [9.17, 15) is 0 Å². The molecule has 1 aromatic rings. The van der Waals surface area contributed by atoms with Gasteiger partial charge >= 0.3 is 0 Å². The van der Waals surface area contributed by atoms with Gasteiger partial charge in [-0.05, 0) is 30.9 Å². The summed E-state index contributed by atoms with van der Waals surface area (Å²) in [4.78, 5) is 2.40. The molecule has 0 amide bonds. The standard InChI is InChI=1S/C14H19N3/c15-9-8-13(16)12-6-2-3-7-14(12)17-10-4-1-5-11-17/h2-3,6-7,13H,1,4-5,8,10-11,16H2/t13-/m0/s1. The summed E-state index contributed by atoms with van der Waals surface area (Å²) in [7, 11) is 0. The Bertz CT molecular complexity index is 402. The van der Waals surface area contributed by atoms with Crippen LogP contribution < -0.4 is 10.6 Å². The Balaban J connectivity index is 2.23. The lowest BCUT2D eigenvalue weighted by atomic mass is 10.0. The van der Waals surface area contributed by atoms with Crippen LogP contribution in [0.25, 0.3) is 0 Å². The Morgan fingerprint density at radius 1 is 1.24 bits per heavy atom. The average molecular weight is 229 g/mol. The van der Waals surface area contributed by atoms with Gasteiger partial charge in [0.2, 0.25) is 0 Å². The Morgan fingerprint density at radius 3 is 2.65 bits per heavy atom. The number of hydrogen-bond donors (Lipinski definition) is 1. The molecule has 90 valence electrons. The van der Waals surface area contributed by atoms with Gasteiger partial charge in [0.05, 0.1) is 12.5 Å². The lowest BCUT2D eigenvalue weighted by Gasteiger charge is -2.31. The van der Waals surface area contributed by atoms with Crippen LogP contribution in [-0.2, 0) is 0 Å². The first-order chi connectivity index (χ1) is 8.33. The van der Waals surface area contributed by atoms with Crippen molar-refractivity contribution in [3.63, 3.8) is 0 Å². The first-order valence-electron chi connectivity index (χ1n) is 6.29. The van der Waals surface area contributed by atoms with E-state index < -0.39 is 0 Å². The molecule has 1 aromatic carbocycles. The molecule has 1 atom stereocenters. The van der Waals surface area contributed by atoms with Gasteiger partial charge in [-0.1, -0.05) is 18.2 Å². The first-order valence-corrected chi connectivity index (χ1v) is 6.29. The van der Waals surface area contributed by atoms with Crippen molar-refractivity contribution < 1.29 is 0 Å². The molecule has 17 heavy (non-hydrogen) atoms. The smallest absolute Gasteiger partial charge is 0.0641 e. The van der Waals surface area contributed by atoms with E-state index in [2.05, 4.69) is 17.0 Å². The molecule has 2 N–H and O–H groups in total. The summed E-state index contributed by atoms with van der Waals surface area (Å²) < 4.78 is 0. The minimum Gasteiger partial charge on any atom is -0.371 e. The maximum Gasteiger partial charge on any atom is 0.0641 e. The molecule has 0 aromatic heterocycles. The number of benzene rings is 1. The lowest BCUT2D eigenvalue weighted by molar-refractivity contribution is 0.574. The quantitative estimate of drug-likeness (QED) is 0.866. The third-order valence-corrected chi connectivity index (χ3v) is 3.34. The van der Waals surface area contributed by atoms with Crippen molar-refractivity contribution in [3.8, 4) is 6.07 Å². The van der Waals surface area contributed by atoms with Gasteiger partial charge in [0.15, 0.2) is 0 Å². The molecule has 0 spiro atoms. The van der Waals surface area contributed by atoms with Crippen molar-refractivity contribution >= 4 is 5.69 Å². The zero-order chi connectivity index (χ0) is 12.1. The number of rotatable bonds is 3. The third-order valence-electron chi connectivity index (χ3n) is 3.34. The molecule has 0 aliphatic carbocycles. The number of nitrogens with two attached hydrogens (primary N) is 1. The lowest BCUT2D eigenvalue weighted by Crippen LogP contribution is -2.31. The molecule has 0 radical (unpaired) electrons. The highest BCUT2D eigenvalue weighted by atomic mass is 15.1. The van der Waals surface area contributed by atoms with Gasteiger partial charge in [-0.3, -0.25) is 0 Å². The summed E-state index contributed by atoms with van der Waals surface area (Å²) in [5.74, 6) is 0. The zero-order valence-electron chi connectivity index (χ0n) is 10.1. The Kier molecular flexibility index (Phi) is 4.00. The number of nitrogens with zero attached hydrogens (tertiary/aromatic N) is 2. The van der Waals surface area contributed by atoms with E-state index >= 15 is 0 Å². The van der Waals surface area contributed by atoms with E-state index in [0.717, 1.165) is 18.7 Å². The second-order valence-electron chi connectivity index (χ2n) is 4.58. The summed E-state index contributed by atoms with van der Waals surface area (Å²) in [6, 6.07) is 10.2. The molecule has 1 heterocycles. The zero-order valence-corrected chi connectivity index (χ0v) is 10.1. The van der Waals surface area contributed by atoms with Crippen LogP contribution in [0.4, 0.5) is 5.69 Å². The predicted octanol–water partition coefficient (Wildman–Crippen LogP) is 2.59. The van der Waals surface area contributed by atoms with Gasteiger partial charge in [-0.25, -0.2) is 0 Å². The summed E-state index contributed by atoms with van der Waals surface area (Å²) in [5, 5.41) is 8.76. The highest BCUT2D eigenvalue weighted by Crippen LogP contribution is 2.28. The molecule has 1 saturated heterocycles. The van der Waals surface area contributed by atoms with E-state index in [-0.39, 0.29) is 6.04 Å². The molecule has 1 aliphatic rings. The fourth-order valence-corrected chi connectivity index (χ4v) is 2.43. The number of nitriles is 1. The van der Waals surface area contributed by atoms with E-state index in [1.165, 1.54) is 24.9 Å². The van der Waals surface area contributed by atoms with Gasteiger partial charge in [0.25, 0.3) is 0 Å². The van der Waals surface area contributed by atoms with Crippen LogP contribution in [0.5, 0.6) is 0 Å². The number of piperidine rings is 1. The number of hydrogen-bond acceptors (Lipinski definition) is 3. The van der Waals surface area contributed by atoms with Crippen LogP contribution in [0.15, 0.2) is 24.3 Å². The van der Waals surface area contributed by atoms with E-state index in [4.69, 9.17) is 11.0 Å². The van der Waals surface area contributed by atoms with Crippen LogP contribution in [0.2, 0.25) is 0 Å². The third kappa shape index (κ3) is 2.78. The van der Waals surface area contributed by atoms with E-state index in [1.54, 1.807) is 0 Å². The fraction of sp³-hybridized carbons (Fsp3) is 0.500. The van der Waals surface area contributed by atoms with E-state index in [1.807, 2.05) is 18.2 Å². The molecule has 1 aliphatic heterocycles. The number of anilines is 1. The van der Waals surface area contributed by atoms with Crippen molar-refractivity contribution in [1.29, 1.82) is 5.26 Å². The van der Waals surface area contributed by atoms with Crippen LogP contribution in [0, 0.1) is 11.3 Å². The van der Waals surface area contributed by atoms with Crippen molar-refractivity contribution in [3.05, 3.63) is 29.8 Å². The molecular weight excluding hydrogens is 210 g/mol. The molecule has 3 heteroatoms.